The van der Waals surface area contributed by atoms with Crippen LogP contribution in [-0.2, 0) is 16.0 Å². The highest BCUT2D eigenvalue weighted by atomic mass is 16.5. The minimum atomic E-state index is -0.415. The fourth-order valence-corrected chi connectivity index (χ4v) is 1.86. The van der Waals surface area contributed by atoms with Crippen molar-refractivity contribution in [3.05, 3.63) is 24.0 Å². The summed E-state index contributed by atoms with van der Waals surface area (Å²) < 4.78 is 5.57. The molecule has 1 atom stereocenters. The zero-order chi connectivity index (χ0) is 13.8. The number of ether oxygens (including phenoxy) is 1. The van der Waals surface area contributed by atoms with E-state index in [0.29, 0.717) is 12.3 Å². The number of ketones is 1. The lowest BCUT2D eigenvalue weighted by molar-refractivity contribution is -0.136. The fraction of sp³-hybridized carbons (Fsp3) is 0.571. The van der Waals surface area contributed by atoms with E-state index in [2.05, 4.69) is 4.98 Å². The van der Waals surface area contributed by atoms with Crippen LogP contribution < -0.4 is 5.73 Å². The lowest BCUT2D eigenvalue weighted by atomic mass is 9.84. The van der Waals surface area contributed by atoms with E-state index in [1.54, 1.807) is 18.5 Å². The average molecular weight is 250 g/mol. The fourth-order valence-electron chi connectivity index (χ4n) is 1.86. The lowest BCUT2D eigenvalue weighted by Gasteiger charge is -2.29. The van der Waals surface area contributed by atoms with Crippen molar-refractivity contribution in [1.29, 1.82) is 0 Å². The van der Waals surface area contributed by atoms with Gasteiger partial charge < -0.3 is 10.5 Å². The van der Waals surface area contributed by atoms with E-state index in [9.17, 15) is 4.79 Å². The number of rotatable bonds is 5. The highest BCUT2D eigenvalue weighted by molar-refractivity contribution is 5.87. The van der Waals surface area contributed by atoms with E-state index >= 15 is 0 Å². The van der Waals surface area contributed by atoms with Crippen LogP contribution in [0.1, 0.15) is 33.3 Å². The van der Waals surface area contributed by atoms with Gasteiger partial charge in [0.25, 0.3) is 0 Å². The van der Waals surface area contributed by atoms with E-state index in [0.717, 1.165) is 5.56 Å². The highest BCUT2D eigenvalue weighted by Crippen LogP contribution is 2.25. The first-order valence-electron chi connectivity index (χ1n) is 6.19. The largest absolute Gasteiger partial charge is 0.398 e. The third kappa shape index (κ3) is 3.81. The van der Waals surface area contributed by atoms with E-state index in [4.69, 9.17) is 10.5 Å². The Balaban J connectivity index is 2.83. The van der Waals surface area contributed by atoms with Crippen LogP contribution in [0.4, 0.5) is 5.69 Å². The van der Waals surface area contributed by atoms with Crippen molar-refractivity contribution in [3.8, 4) is 0 Å². The van der Waals surface area contributed by atoms with Crippen molar-refractivity contribution in [1.82, 2.24) is 4.98 Å². The summed E-state index contributed by atoms with van der Waals surface area (Å²) in [6.45, 7) is 8.41. The summed E-state index contributed by atoms with van der Waals surface area (Å²) in [5.41, 5.74) is 6.96. The molecule has 0 aromatic carbocycles. The van der Waals surface area contributed by atoms with Gasteiger partial charge in [0.05, 0.1) is 0 Å². The van der Waals surface area contributed by atoms with Crippen LogP contribution in [0.5, 0.6) is 0 Å². The molecule has 1 aromatic heterocycles. The summed E-state index contributed by atoms with van der Waals surface area (Å²) in [7, 11) is 0. The van der Waals surface area contributed by atoms with E-state index < -0.39 is 6.10 Å². The van der Waals surface area contributed by atoms with E-state index in [1.165, 1.54) is 0 Å². The molecule has 0 saturated heterocycles. The van der Waals surface area contributed by atoms with Crippen LogP contribution in [0.15, 0.2) is 18.5 Å². The summed E-state index contributed by atoms with van der Waals surface area (Å²) in [5.74, 6) is 0.0454. The highest BCUT2D eigenvalue weighted by Gasteiger charge is 2.31. The van der Waals surface area contributed by atoms with Gasteiger partial charge in [-0.15, -0.1) is 0 Å². The number of pyridine rings is 1. The molecule has 0 spiro atoms. The Bertz CT molecular complexity index is 411. The molecule has 0 radical (unpaired) electrons. The van der Waals surface area contributed by atoms with Crippen molar-refractivity contribution in [2.24, 2.45) is 5.41 Å². The summed E-state index contributed by atoms with van der Waals surface area (Å²) >= 11 is 0. The second-order valence-electron chi connectivity index (χ2n) is 5.42. The smallest absolute Gasteiger partial charge is 0.166 e. The molecule has 0 aliphatic heterocycles. The predicted octanol–water partition coefficient (Wildman–Crippen LogP) is 2.23. The van der Waals surface area contributed by atoms with Crippen LogP contribution in [-0.4, -0.2) is 23.5 Å². The molecule has 18 heavy (non-hydrogen) atoms. The zero-order valence-electron chi connectivity index (χ0n) is 11.6. The Hall–Kier alpha value is -1.42. The molecule has 0 aliphatic carbocycles. The van der Waals surface area contributed by atoms with E-state index in [1.807, 2.05) is 27.7 Å². The maximum absolute atomic E-state index is 12.3. The number of Topliss-reactive ketones (excluding diaryl/α,β-unsaturated/α-hetero) is 1. The normalized spacial score (nSPS) is 13.3. The molecular weight excluding hydrogens is 228 g/mol. The summed E-state index contributed by atoms with van der Waals surface area (Å²) in [6.07, 6.45) is 3.11. The van der Waals surface area contributed by atoms with Gasteiger partial charge in [-0.05, 0) is 18.4 Å². The monoisotopic (exact) mass is 250 g/mol. The molecule has 1 heterocycles. The third-order valence-corrected chi connectivity index (χ3v) is 2.72. The minimum absolute atomic E-state index is 0.0454. The molecule has 4 nitrogen and oxygen atoms in total. The molecule has 1 aromatic rings. The number of carbonyl (C=O) groups excluding carboxylic acids is 1. The number of nitrogens with zero attached hydrogens (tertiary/aromatic N) is 1. The molecule has 4 heteroatoms. The van der Waals surface area contributed by atoms with Gasteiger partial charge in [-0.25, -0.2) is 0 Å². The molecule has 0 amide bonds. The molecular formula is C14H22N2O2. The van der Waals surface area contributed by atoms with Crippen molar-refractivity contribution in [2.45, 2.75) is 40.2 Å². The number of hydrogen-bond acceptors (Lipinski definition) is 4. The van der Waals surface area contributed by atoms with Crippen molar-refractivity contribution < 1.29 is 9.53 Å². The molecule has 0 fully saturated rings. The number of hydrogen-bond donors (Lipinski definition) is 1. The first kappa shape index (κ1) is 14.6. The van der Waals surface area contributed by atoms with Gasteiger partial charge in [0.15, 0.2) is 5.78 Å². The van der Waals surface area contributed by atoms with Crippen LogP contribution in [0.25, 0.3) is 0 Å². The van der Waals surface area contributed by atoms with Crippen LogP contribution >= 0.6 is 0 Å². The SMILES string of the molecule is CCOC(C(=O)Cc1cnccc1N)C(C)(C)C. The zero-order valence-corrected chi connectivity index (χ0v) is 11.6. The minimum Gasteiger partial charge on any atom is -0.398 e. The second-order valence-corrected chi connectivity index (χ2v) is 5.42. The molecule has 2 N–H and O–H groups in total. The van der Waals surface area contributed by atoms with Gasteiger partial charge in [0.1, 0.15) is 6.10 Å². The Morgan fingerprint density at radius 2 is 2.17 bits per heavy atom. The van der Waals surface area contributed by atoms with Gasteiger partial charge in [-0.2, -0.15) is 0 Å². The molecule has 0 saturated carbocycles. The molecule has 0 bridgehead atoms. The second kappa shape index (κ2) is 5.96. The summed E-state index contributed by atoms with van der Waals surface area (Å²) in [4.78, 5) is 16.3. The maximum atomic E-state index is 12.3. The lowest BCUT2D eigenvalue weighted by Crippen LogP contribution is -2.38. The third-order valence-electron chi connectivity index (χ3n) is 2.72. The molecule has 1 rings (SSSR count). The maximum Gasteiger partial charge on any atom is 0.166 e. The number of aromatic nitrogens is 1. The van der Waals surface area contributed by atoms with Crippen LogP contribution in [0.2, 0.25) is 0 Å². The van der Waals surface area contributed by atoms with Gasteiger partial charge in [0, 0.05) is 36.7 Å². The van der Waals surface area contributed by atoms with Crippen LogP contribution in [0.3, 0.4) is 0 Å². The molecule has 1 unspecified atom stereocenters. The standard InChI is InChI=1S/C14H22N2O2/c1-5-18-13(14(2,3)4)12(17)8-10-9-16-7-6-11(10)15/h6-7,9,13H,5,8H2,1-4H3,(H2,15,16). The quantitative estimate of drug-likeness (QED) is 0.870. The number of carbonyl (C=O) groups is 1. The number of anilines is 1. The number of nitrogen functional groups attached to an aromatic ring is 1. The average Bonchev–Trinajstić information content (AvgIpc) is 2.27. The first-order valence-corrected chi connectivity index (χ1v) is 6.19. The number of nitrogens with two attached hydrogens (primary N) is 1. The van der Waals surface area contributed by atoms with Crippen LogP contribution in [0, 0.1) is 5.41 Å². The Morgan fingerprint density at radius 3 is 2.67 bits per heavy atom. The van der Waals surface area contributed by atoms with Crippen molar-refractivity contribution >= 4 is 11.5 Å². The van der Waals surface area contributed by atoms with E-state index in [-0.39, 0.29) is 17.6 Å². The van der Waals surface area contributed by atoms with Crippen molar-refractivity contribution in [2.75, 3.05) is 12.3 Å². The molecule has 0 aliphatic rings. The van der Waals surface area contributed by atoms with Gasteiger partial charge in [-0.1, -0.05) is 20.8 Å². The van der Waals surface area contributed by atoms with Gasteiger partial charge in [-0.3, -0.25) is 9.78 Å². The van der Waals surface area contributed by atoms with Gasteiger partial charge >= 0.3 is 0 Å². The predicted molar refractivity (Wildman–Crippen MR) is 72.2 cm³/mol. The van der Waals surface area contributed by atoms with Gasteiger partial charge in [0.2, 0.25) is 0 Å². The summed E-state index contributed by atoms with van der Waals surface area (Å²) in [5, 5.41) is 0. The Labute approximate surface area is 109 Å². The first-order chi connectivity index (χ1) is 8.36. The molecule has 100 valence electrons. The van der Waals surface area contributed by atoms with Crippen molar-refractivity contribution in [3.63, 3.8) is 0 Å². The topological polar surface area (TPSA) is 65.2 Å². The Morgan fingerprint density at radius 1 is 1.50 bits per heavy atom. The summed E-state index contributed by atoms with van der Waals surface area (Å²) in [6, 6.07) is 1.70. The Kier molecular flexibility index (Phi) is 4.84.